The number of methoxy groups -OCH3 is 1. The van der Waals surface area contributed by atoms with Crippen molar-refractivity contribution in [3.05, 3.63) is 64.7 Å². The van der Waals surface area contributed by atoms with E-state index in [1.165, 1.54) is 7.11 Å². The van der Waals surface area contributed by atoms with Crippen LogP contribution in [0.2, 0.25) is 5.02 Å². The first kappa shape index (κ1) is 18.5. The van der Waals surface area contributed by atoms with Gasteiger partial charge in [-0.3, -0.25) is 0 Å². The Morgan fingerprint density at radius 3 is 2.59 bits per heavy atom. The van der Waals surface area contributed by atoms with E-state index < -0.39 is 12.1 Å². The smallest absolute Gasteiger partial charge is 0.137 e. The zero-order valence-corrected chi connectivity index (χ0v) is 15.3. The quantitative estimate of drug-likeness (QED) is 0.821. The van der Waals surface area contributed by atoms with Gasteiger partial charge in [0.2, 0.25) is 0 Å². The lowest BCUT2D eigenvalue weighted by Gasteiger charge is -2.21. The number of ether oxygens (including phenoxy) is 1. The SMILES string of the molecule is COc1ccc(/C=C(\C#N)C2=NN(c3ccccc3)[C@@H](N)[C@@H]2C#N)cc1Cl. The number of nitrogens with zero attached hydrogens (tertiary/aromatic N) is 4. The Hall–Kier alpha value is -3.32. The zero-order chi connectivity index (χ0) is 19.4. The highest BCUT2D eigenvalue weighted by molar-refractivity contribution is 6.32. The van der Waals surface area contributed by atoms with Crippen LogP contribution < -0.4 is 15.5 Å². The molecule has 0 radical (unpaired) electrons. The summed E-state index contributed by atoms with van der Waals surface area (Å²) in [6.07, 6.45) is 0.957. The number of nitriles is 2. The van der Waals surface area contributed by atoms with E-state index in [4.69, 9.17) is 22.1 Å². The lowest BCUT2D eigenvalue weighted by Crippen LogP contribution is -2.40. The van der Waals surface area contributed by atoms with E-state index in [0.29, 0.717) is 22.0 Å². The Kier molecular flexibility index (Phi) is 5.42. The third-order valence-corrected chi connectivity index (χ3v) is 4.47. The summed E-state index contributed by atoms with van der Waals surface area (Å²) in [5.74, 6) is -0.192. The summed E-state index contributed by atoms with van der Waals surface area (Å²) in [6, 6.07) is 18.7. The van der Waals surface area contributed by atoms with Crippen LogP contribution in [-0.2, 0) is 0 Å². The molecule has 0 bridgehead atoms. The summed E-state index contributed by atoms with van der Waals surface area (Å²) in [5, 5.41) is 25.7. The fourth-order valence-corrected chi connectivity index (χ4v) is 3.09. The van der Waals surface area contributed by atoms with Gasteiger partial charge in [-0.2, -0.15) is 15.6 Å². The molecule has 2 aromatic rings. The van der Waals surface area contributed by atoms with E-state index in [0.717, 1.165) is 5.69 Å². The summed E-state index contributed by atoms with van der Waals surface area (Å²) in [5.41, 5.74) is 8.27. The lowest BCUT2D eigenvalue weighted by molar-refractivity contribution is 0.415. The zero-order valence-electron chi connectivity index (χ0n) is 14.5. The summed E-state index contributed by atoms with van der Waals surface area (Å²) in [6.45, 7) is 0. The van der Waals surface area contributed by atoms with Crippen molar-refractivity contribution in [3.8, 4) is 17.9 Å². The van der Waals surface area contributed by atoms with Crippen molar-refractivity contribution in [2.45, 2.75) is 6.17 Å². The van der Waals surface area contributed by atoms with Gasteiger partial charge in [0.15, 0.2) is 0 Å². The van der Waals surface area contributed by atoms with Crippen LogP contribution >= 0.6 is 11.6 Å². The number of para-hydroxylation sites is 1. The molecule has 0 aromatic heterocycles. The molecule has 0 unspecified atom stereocenters. The number of hydrogen-bond acceptors (Lipinski definition) is 6. The van der Waals surface area contributed by atoms with Crippen LogP contribution in [-0.4, -0.2) is 19.0 Å². The van der Waals surface area contributed by atoms with Crippen molar-refractivity contribution in [1.29, 1.82) is 10.5 Å². The summed E-state index contributed by atoms with van der Waals surface area (Å²) in [4.78, 5) is 0. The highest BCUT2D eigenvalue weighted by atomic mass is 35.5. The Morgan fingerprint density at radius 2 is 2.00 bits per heavy atom. The van der Waals surface area contributed by atoms with Crippen molar-refractivity contribution < 1.29 is 4.74 Å². The van der Waals surface area contributed by atoms with E-state index in [2.05, 4.69) is 17.2 Å². The molecular weight excluding hydrogens is 362 g/mol. The first-order chi connectivity index (χ1) is 13.1. The largest absolute Gasteiger partial charge is 0.495 e. The van der Waals surface area contributed by atoms with Crippen LogP contribution in [0.25, 0.3) is 6.08 Å². The average molecular weight is 378 g/mol. The first-order valence-electron chi connectivity index (χ1n) is 8.12. The van der Waals surface area contributed by atoms with Gasteiger partial charge in [0.05, 0.1) is 35.2 Å². The molecule has 2 N–H and O–H groups in total. The van der Waals surface area contributed by atoms with Gasteiger partial charge in [-0.05, 0) is 35.9 Å². The van der Waals surface area contributed by atoms with Crippen molar-refractivity contribution in [1.82, 2.24) is 0 Å². The number of halogens is 1. The van der Waals surface area contributed by atoms with Crippen LogP contribution in [0.15, 0.2) is 59.2 Å². The fourth-order valence-electron chi connectivity index (χ4n) is 2.82. The van der Waals surface area contributed by atoms with Crippen LogP contribution in [0.1, 0.15) is 5.56 Å². The number of hydrazone groups is 1. The Balaban J connectivity index is 2.02. The standard InChI is InChI=1S/C20H16ClN5O/c1-27-18-8-7-13(10-17(18)21)9-14(11-22)19-16(12-23)20(24)26(25-19)15-5-3-2-4-6-15/h2-10,16,20H,24H2,1H3/b14-9+/t16-,20-/m1/s1. The fraction of sp³-hybridized carbons (Fsp3) is 0.150. The van der Waals surface area contributed by atoms with Gasteiger partial charge in [0.25, 0.3) is 0 Å². The molecule has 6 nitrogen and oxygen atoms in total. The van der Waals surface area contributed by atoms with Crippen LogP contribution in [0, 0.1) is 28.6 Å². The number of rotatable bonds is 4. The van der Waals surface area contributed by atoms with Crippen molar-refractivity contribution in [2.75, 3.05) is 12.1 Å². The number of allylic oxidation sites excluding steroid dienone is 1. The van der Waals surface area contributed by atoms with Gasteiger partial charge in [-0.15, -0.1) is 0 Å². The highest BCUT2D eigenvalue weighted by Gasteiger charge is 2.37. The van der Waals surface area contributed by atoms with E-state index >= 15 is 0 Å². The van der Waals surface area contributed by atoms with Crippen molar-refractivity contribution >= 4 is 29.1 Å². The molecule has 0 spiro atoms. The maximum atomic E-state index is 9.65. The van der Waals surface area contributed by atoms with Gasteiger partial charge < -0.3 is 10.5 Å². The second-order valence-corrected chi connectivity index (χ2v) is 6.23. The predicted molar refractivity (Wildman–Crippen MR) is 105 cm³/mol. The maximum Gasteiger partial charge on any atom is 0.137 e. The molecule has 3 rings (SSSR count). The third-order valence-electron chi connectivity index (χ3n) is 4.18. The van der Waals surface area contributed by atoms with Crippen LogP contribution in [0.4, 0.5) is 5.69 Å². The van der Waals surface area contributed by atoms with Crippen LogP contribution in [0.3, 0.4) is 0 Å². The topological polar surface area (TPSA) is 98.4 Å². The molecule has 7 heteroatoms. The second kappa shape index (κ2) is 7.92. The summed E-state index contributed by atoms with van der Waals surface area (Å²) < 4.78 is 5.14. The van der Waals surface area contributed by atoms with E-state index in [1.807, 2.05) is 30.3 Å². The molecule has 2 aromatic carbocycles. The molecule has 0 saturated carbocycles. The van der Waals surface area contributed by atoms with E-state index in [9.17, 15) is 10.5 Å². The van der Waals surface area contributed by atoms with Gasteiger partial charge >= 0.3 is 0 Å². The van der Waals surface area contributed by atoms with E-state index in [1.54, 1.807) is 29.3 Å². The normalized spacial score (nSPS) is 19.2. The second-order valence-electron chi connectivity index (χ2n) is 5.83. The van der Waals surface area contributed by atoms with Crippen LogP contribution in [0.5, 0.6) is 5.75 Å². The average Bonchev–Trinajstić information content (AvgIpc) is 3.03. The molecule has 1 heterocycles. The molecule has 0 aliphatic carbocycles. The number of nitrogens with two attached hydrogens (primary N) is 1. The molecule has 1 aliphatic rings. The van der Waals surface area contributed by atoms with E-state index in [-0.39, 0.29) is 5.57 Å². The first-order valence-corrected chi connectivity index (χ1v) is 8.50. The number of anilines is 1. The molecule has 0 amide bonds. The van der Waals surface area contributed by atoms with Gasteiger partial charge in [-0.1, -0.05) is 35.9 Å². The maximum absolute atomic E-state index is 9.65. The summed E-state index contributed by atoms with van der Waals surface area (Å²) in [7, 11) is 1.53. The molecular formula is C20H16ClN5O. The number of hydrogen-bond donors (Lipinski definition) is 1. The lowest BCUT2D eigenvalue weighted by atomic mass is 9.95. The third kappa shape index (κ3) is 3.63. The minimum absolute atomic E-state index is 0.261. The van der Waals surface area contributed by atoms with Crippen molar-refractivity contribution in [3.63, 3.8) is 0 Å². The molecule has 134 valence electrons. The Morgan fingerprint density at radius 1 is 1.26 bits per heavy atom. The molecule has 2 atom stereocenters. The van der Waals surface area contributed by atoms with Gasteiger partial charge in [0.1, 0.15) is 23.9 Å². The summed E-state index contributed by atoms with van der Waals surface area (Å²) >= 11 is 6.15. The van der Waals surface area contributed by atoms with Gasteiger partial charge in [-0.25, -0.2) is 5.01 Å². The molecule has 1 aliphatic heterocycles. The highest BCUT2D eigenvalue weighted by Crippen LogP contribution is 2.30. The number of benzene rings is 2. The minimum Gasteiger partial charge on any atom is -0.495 e. The molecule has 0 fully saturated rings. The Labute approximate surface area is 162 Å². The minimum atomic E-state index is -0.732. The predicted octanol–water partition coefficient (Wildman–Crippen LogP) is 3.56. The Bertz CT molecular complexity index is 988. The molecule has 27 heavy (non-hydrogen) atoms. The monoisotopic (exact) mass is 377 g/mol. The van der Waals surface area contributed by atoms with Crippen molar-refractivity contribution in [2.24, 2.45) is 16.8 Å². The molecule has 0 saturated heterocycles. The van der Waals surface area contributed by atoms with Gasteiger partial charge in [0, 0.05) is 0 Å².